The predicted molar refractivity (Wildman–Crippen MR) is 80.5 cm³/mol. The van der Waals surface area contributed by atoms with Crippen LogP contribution in [0.3, 0.4) is 0 Å². The van der Waals surface area contributed by atoms with Crippen LogP contribution in [0.2, 0.25) is 0 Å². The van der Waals surface area contributed by atoms with Gasteiger partial charge in [0.05, 0.1) is 0 Å². The van der Waals surface area contributed by atoms with Gasteiger partial charge in [-0.2, -0.15) is 0 Å². The van der Waals surface area contributed by atoms with Gasteiger partial charge in [0.25, 0.3) is 6.43 Å². The molecule has 4 heteroatoms. The third kappa shape index (κ3) is 3.61. The number of rotatable bonds is 4. The maximum atomic E-state index is 12.6. The summed E-state index contributed by atoms with van der Waals surface area (Å²) in [6.07, 6.45) is 3.99. The van der Waals surface area contributed by atoms with E-state index in [0.717, 1.165) is 25.2 Å². The molecule has 0 bridgehead atoms. The fraction of sp³-hybridized carbons (Fsp3) is 0.647. The zero-order valence-corrected chi connectivity index (χ0v) is 12.4. The molecule has 0 amide bonds. The fourth-order valence-electron chi connectivity index (χ4n) is 3.71. The number of nitrogens with zero attached hydrogens (tertiary/aromatic N) is 1. The molecule has 2 aliphatic rings. The normalized spacial score (nSPS) is 27.4. The summed E-state index contributed by atoms with van der Waals surface area (Å²) >= 11 is 0. The number of halogens is 2. The van der Waals surface area contributed by atoms with Crippen molar-refractivity contribution in [2.45, 2.75) is 57.2 Å². The Morgan fingerprint density at radius 3 is 2.57 bits per heavy atom. The Morgan fingerprint density at radius 2 is 1.90 bits per heavy atom. The quantitative estimate of drug-likeness (QED) is 0.910. The van der Waals surface area contributed by atoms with Crippen LogP contribution in [-0.2, 0) is 6.54 Å². The molecule has 1 aromatic carbocycles. The van der Waals surface area contributed by atoms with Crippen LogP contribution in [0.4, 0.5) is 8.78 Å². The highest BCUT2D eigenvalue weighted by Crippen LogP contribution is 2.26. The van der Waals surface area contributed by atoms with Crippen molar-refractivity contribution >= 4 is 0 Å². The fourth-order valence-corrected chi connectivity index (χ4v) is 3.71. The van der Waals surface area contributed by atoms with E-state index in [9.17, 15) is 8.78 Å². The Morgan fingerprint density at radius 1 is 1.10 bits per heavy atom. The van der Waals surface area contributed by atoms with Crippen molar-refractivity contribution in [1.29, 1.82) is 0 Å². The van der Waals surface area contributed by atoms with E-state index >= 15 is 0 Å². The summed E-state index contributed by atoms with van der Waals surface area (Å²) in [4.78, 5) is 2.55. The predicted octanol–water partition coefficient (Wildman–Crippen LogP) is 3.73. The maximum absolute atomic E-state index is 12.6. The highest BCUT2D eigenvalue weighted by atomic mass is 19.3. The Kier molecular flexibility index (Phi) is 4.86. The molecule has 21 heavy (non-hydrogen) atoms. The lowest BCUT2D eigenvalue weighted by molar-refractivity contribution is 0.112. The Hall–Kier alpha value is -1.00. The van der Waals surface area contributed by atoms with Crippen LogP contribution in [0, 0.1) is 0 Å². The lowest BCUT2D eigenvalue weighted by Crippen LogP contribution is -2.49. The summed E-state index contributed by atoms with van der Waals surface area (Å²) in [7, 11) is 0. The molecule has 2 atom stereocenters. The maximum Gasteiger partial charge on any atom is 0.263 e. The van der Waals surface area contributed by atoms with Crippen LogP contribution >= 0.6 is 0 Å². The van der Waals surface area contributed by atoms with Gasteiger partial charge in [0, 0.05) is 24.2 Å². The number of hydrogen-bond donors (Lipinski definition) is 1. The van der Waals surface area contributed by atoms with Crippen molar-refractivity contribution < 1.29 is 8.78 Å². The second-order valence-electron chi connectivity index (χ2n) is 6.28. The summed E-state index contributed by atoms with van der Waals surface area (Å²) in [5.74, 6) is 0. The first-order valence-corrected chi connectivity index (χ1v) is 8.08. The summed E-state index contributed by atoms with van der Waals surface area (Å²) < 4.78 is 25.2. The smallest absolute Gasteiger partial charge is 0.263 e. The van der Waals surface area contributed by atoms with Gasteiger partial charge in [0.1, 0.15) is 0 Å². The van der Waals surface area contributed by atoms with Gasteiger partial charge in [0.2, 0.25) is 0 Å². The molecule has 1 aromatic rings. The van der Waals surface area contributed by atoms with Gasteiger partial charge in [0.15, 0.2) is 0 Å². The van der Waals surface area contributed by atoms with E-state index in [-0.39, 0.29) is 5.56 Å². The highest BCUT2D eigenvalue weighted by Gasteiger charge is 2.31. The van der Waals surface area contributed by atoms with Crippen LogP contribution in [0.25, 0.3) is 0 Å². The first kappa shape index (κ1) is 14.9. The number of hydrogen-bond acceptors (Lipinski definition) is 2. The van der Waals surface area contributed by atoms with E-state index in [1.807, 2.05) is 12.1 Å². The molecule has 2 saturated heterocycles. The van der Waals surface area contributed by atoms with Gasteiger partial charge in [-0.05, 0) is 44.3 Å². The van der Waals surface area contributed by atoms with Gasteiger partial charge >= 0.3 is 0 Å². The molecule has 0 aliphatic carbocycles. The monoisotopic (exact) mass is 294 g/mol. The van der Waals surface area contributed by atoms with E-state index in [4.69, 9.17) is 0 Å². The Balaban J connectivity index is 1.66. The van der Waals surface area contributed by atoms with Crippen molar-refractivity contribution in [1.82, 2.24) is 10.2 Å². The van der Waals surface area contributed by atoms with E-state index < -0.39 is 6.43 Å². The van der Waals surface area contributed by atoms with Gasteiger partial charge in [-0.1, -0.05) is 30.7 Å². The first-order chi connectivity index (χ1) is 10.2. The zero-order valence-electron chi connectivity index (χ0n) is 12.4. The average molecular weight is 294 g/mol. The molecule has 2 unspecified atom stereocenters. The SMILES string of the molecule is FC(F)c1ccc(CN2CCCCC2C2CCCN2)cc1. The number of benzene rings is 1. The van der Waals surface area contributed by atoms with Crippen molar-refractivity contribution in [2.24, 2.45) is 0 Å². The number of piperidine rings is 1. The molecule has 3 rings (SSSR count). The lowest BCUT2D eigenvalue weighted by Gasteiger charge is -2.39. The first-order valence-electron chi connectivity index (χ1n) is 8.08. The summed E-state index contributed by atoms with van der Waals surface area (Å²) in [6.45, 7) is 3.14. The van der Waals surface area contributed by atoms with Crippen LogP contribution in [-0.4, -0.2) is 30.1 Å². The molecule has 2 nitrogen and oxygen atoms in total. The van der Waals surface area contributed by atoms with Crippen molar-refractivity contribution in [3.05, 3.63) is 35.4 Å². The van der Waals surface area contributed by atoms with Crippen LogP contribution in [0.1, 0.15) is 49.7 Å². The molecule has 0 radical (unpaired) electrons. The molecule has 0 saturated carbocycles. The third-order valence-electron chi connectivity index (χ3n) is 4.84. The van der Waals surface area contributed by atoms with Gasteiger partial charge in [-0.3, -0.25) is 4.90 Å². The second-order valence-corrected chi connectivity index (χ2v) is 6.28. The van der Waals surface area contributed by atoms with Crippen LogP contribution < -0.4 is 5.32 Å². The van der Waals surface area contributed by atoms with E-state index in [1.54, 1.807) is 12.1 Å². The molecule has 0 spiro atoms. The minimum atomic E-state index is -2.37. The second kappa shape index (κ2) is 6.84. The highest BCUT2D eigenvalue weighted by molar-refractivity contribution is 5.23. The van der Waals surface area contributed by atoms with E-state index in [0.29, 0.717) is 12.1 Å². The lowest BCUT2D eigenvalue weighted by atomic mass is 9.94. The zero-order chi connectivity index (χ0) is 14.7. The standard InChI is InChI=1S/C17H24F2N2/c18-17(19)14-8-6-13(7-9-14)12-21-11-2-1-5-16(21)15-4-3-10-20-15/h6-9,15-17,20H,1-5,10-12H2. The Labute approximate surface area is 125 Å². The average Bonchev–Trinajstić information content (AvgIpc) is 3.02. The largest absolute Gasteiger partial charge is 0.312 e. The van der Waals surface area contributed by atoms with Crippen LogP contribution in [0.5, 0.6) is 0 Å². The van der Waals surface area contributed by atoms with E-state index in [2.05, 4.69) is 10.2 Å². The van der Waals surface area contributed by atoms with Gasteiger partial charge < -0.3 is 5.32 Å². The minimum Gasteiger partial charge on any atom is -0.312 e. The molecule has 2 aliphatic heterocycles. The third-order valence-corrected chi connectivity index (χ3v) is 4.84. The molecule has 116 valence electrons. The van der Waals surface area contributed by atoms with Crippen molar-refractivity contribution in [3.8, 4) is 0 Å². The minimum absolute atomic E-state index is 0.117. The number of likely N-dealkylation sites (tertiary alicyclic amines) is 1. The summed E-state index contributed by atoms with van der Waals surface area (Å²) in [5, 5.41) is 3.63. The molecule has 2 fully saturated rings. The summed E-state index contributed by atoms with van der Waals surface area (Å²) in [6, 6.07) is 8.06. The molecule has 0 aromatic heterocycles. The van der Waals surface area contributed by atoms with Crippen LogP contribution in [0.15, 0.2) is 24.3 Å². The van der Waals surface area contributed by atoms with E-state index in [1.165, 1.54) is 32.1 Å². The molecule has 1 N–H and O–H groups in total. The van der Waals surface area contributed by atoms with Gasteiger partial charge in [-0.15, -0.1) is 0 Å². The topological polar surface area (TPSA) is 15.3 Å². The summed E-state index contributed by atoms with van der Waals surface area (Å²) in [5.41, 5.74) is 1.26. The van der Waals surface area contributed by atoms with Gasteiger partial charge in [-0.25, -0.2) is 8.78 Å². The molecular formula is C17H24F2N2. The van der Waals surface area contributed by atoms with Crippen molar-refractivity contribution in [2.75, 3.05) is 13.1 Å². The number of alkyl halides is 2. The molecular weight excluding hydrogens is 270 g/mol. The number of nitrogens with one attached hydrogen (secondary N) is 1. The van der Waals surface area contributed by atoms with Crippen molar-refractivity contribution in [3.63, 3.8) is 0 Å². The Bertz CT molecular complexity index is 441. The molecule has 2 heterocycles.